The second-order valence-electron chi connectivity index (χ2n) is 2.63. The fourth-order valence-corrected chi connectivity index (χ4v) is 0.747. The summed E-state index contributed by atoms with van der Waals surface area (Å²) < 4.78 is 6.32. The molecule has 1 heterocycles. The van der Waals surface area contributed by atoms with Crippen molar-refractivity contribution in [2.24, 2.45) is 0 Å². The number of nitrogens with zero attached hydrogens (tertiary/aromatic N) is 3. The van der Waals surface area contributed by atoms with Crippen LogP contribution in [-0.2, 0) is 16.1 Å². The summed E-state index contributed by atoms with van der Waals surface area (Å²) in [7, 11) is 0. The molecule has 12 heavy (non-hydrogen) atoms. The van der Waals surface area contributed by atoms with Crippen molar-refractivity contribution in [3.63, 3.8) is 0 Å². The maximum atomic E-state index is 11.0. The smallest absolute Gasteiger partial charge is 0.328 e. The van der Waals surface area contributed by atoms with Crippen molar-refractivity contribution >= 4 is 5.97 Å². The van der Waals surface area contributed by atoms with Crippen LogP contribution in [-0.4, -0.2) is 26.8 Å². The molecule has 1 aromatic heterocycles. The number of carbonyl (C=O) groups is 1. The summed E-state index contributed by atoms with van der Waals surface area (Å²) in [6.07, 6.45) is 2.77. The quantitative estimate of drug-likeness (QED) is 0.608. The average Bonchev–Trinajstić information content (AvgIpc) is 2.37. The van der Waals surface area contributed by atoms with Gasteiger partial charge in [0.15, 0.2) is 0 Å². The molecule has 1 rings (SSSR count). The molecule has 0 aliphatic heterocycles. The average molecular weight is 169 g/mol. The largest absolute Gasteiger partial charge is 0.462 e. The molecule has 0 fully saturated rings. The lowest BCUT2D eigenvalue weighted by atomic mass is 10.5. The molecule has 0 aliphatic carbocycles. The highest BCUT2D eigenvalue weighted by molar-refractivity contribution is 5.69. The van der Waals surface area contributed by atoms with Gasteiger partial charge in [-0.15, -0.1) is 0 Å². The van der Waals surface area contributed by atoms with Crippen LogP contribution in [0.1, 0.15) is 13.8 Å². The molecular weight excluding hydrogens is 158 g/mol. The van der Waals surface area contributed by atoms with E-state index in [1.807, 2.05) is 0 Å². The Morgan fingerprint density at radius 3 is 2.92 bits per heavy atom. The molecule has 0 bridgehead atoms. The van der Waals surface area contributed by atoms with E-state index in [9.17, 15) is 4.79 Å². The van der Waals surface area contributed by atoms with Crippen LogP contribution in [0.2, 0.25) is 0 Å². The Labute approximate surface area is 70.4 Å². The van der Waals surface area contributed by atoms with E-state index >= 15 is 0 Å². The van der Waals surface area contributed by atoms with Gasteiger partial charge in [-0.05, 0) is 13.8 Å². The van der Waals surface area contributed by atoms with Gasteiger partial charge < -0.3 is 4.74 Å². The van der Waals surface area contributed by atoms with E-state index in [-0.39, 0.29) is 18.6 Å². The molecule has 0 radical (unpaired) electrons. The summed E-state index contributed by atoms with van der Waals surface area (Å²) in [5, 5.41) is 3.77. The van der Waals surface area contributed by atoms with Gasteiger partial charge in [0, 0.05) is 0 Å². The van der Waals surface area contributed by atoms with Crippen LogP contribution in [0.15, 0.2) is 12.7 Å². The first-order chi connectivity index (χ1) is 5.68. The first kappa shape index (κ1) is 8.70. The summed E-state index contributed by atoms with van der Waals surface area (Å²) in [4.78, 5) is 14.7. The van der Waals surface area contributed by atoms with Gasteiger partial charge in [0.25, 0.3) is 0 Å². The lowest BCUT2D eigenvalue weighted by Crippen LogP contribution is -2.17. The van der Waals surface area contributed by atoms with E-state index in [0.29, 0.717) is 0 Å². The minimum atomic E-state index is -0.296. The van der Waals surface area contributed by atoms with Crippen molar-refractivity contribution in [2.45, 2.75) is 26.5 Å². The van der Waals surface area contributed by atoms with Gasteiger partial charge in [0.1, 0.15) is 19.2 Å². The van der Waals surface area contributed by atoms with Gasteiger partial charge in [-0.3, -0.25) is 4.79 Å². The zero-order chi connectivity index (χ0) is 8.97. The topological polar surface area (TPSA) is 57.0 Å². The standard InChI is InChI=1S/C7H11N3O2/c1-6(2)12-7(11)3-10-5-8-4-9-10/h4-6H,3H2,1-2H3. The first-order valence-electron chi connectivity index (χ1n) is 3.70. The number of carbonyl (C=O) groups excluding carboxylic acids is 1. The minimum absolute atomic E-state index is 0.0824. The monoisotopic (exact) mass is 169 g/mol. The Morgan fingerprint density at radius 1 is 1.67 bits per heavy atom. The minimum Gasteiger partial charge on any atom is -0.462 e. The van der Waals surface area contributed by atoms with Crippen LogP contribution in [0.4, 0.5) is 0 Å². The van der Waals surface area contributed by atoms with Crippen molar-refractivity contribution in [2.75, 3.05) is 0 Å². The maximum absolute atomic E-state index is 11.0. The number of hydrogen-bond acceptors (Lipinski definition) is 4. The van der Waals surface area contributed by atoms with Crippen molar-refractivity contribution in [3.05, 3.63) is 12.7 Å². The normalized spacial score (nSPS) is 10.2. The highest BCUT2D eigenvalue weighted by atomic mass is 16.5. The number of hydrogen-bond donors (Lipinski definition) is 0. The fraction of sp³-hybridized carbons (Fsp3) is 0.571. The molecule has 5 nitrogen and oxygen atoms in total. The number of ether oxygens (including phenoxy) is 1. The van der Waals surface area contributed by atoms with Crippen molar-refractivity contribution in [1.29, 1.82) is 0 Å². The van der Waals surface area contributed by atoms with Crippen LogP contribution < -0.4 is 0 Å². The van der Waals surface area contributed by atoms with Crippen LogP contribution >= 0.6 is 0 Å². The highest BCUT2D eigenvalue weighted by Crippen LogP contribution is 1.91. The second kappa shape index (κ2) is 3.85. The van der Waals surface area contributed by atoms with Crippen molar-refractivity contribution in [1.82, 2.24) is 14.8 Å². The molecular formula is C7H11N3O2. The van der Waals surface area contributed by atoms with Crippen molar-refractivity contribution < 1.29 is 9.53 Å². The van der Waals surface area contributed by atoms with Gasteiger partial charge >= 0.3 is 5.97 Å². The third-order valence-corrected chi connectivity index (χ3v) is 1.12. The second-order valence-corrected chi connectivity index (χ2v) is 2.63. The summed E-state index contributed by atoms with van der Waals surface area (Å²) >= 11 is 0. The lowest BCUT2D eigenvalue weighted by Gasteiger charge is -2.06. The Morgan fingerprint density at radius 2 is 2.42 bits per heavy atom. The van der Waals surface area contributed by atoms with Crippen LogP contribution in [0.3, 0.4) is 0 Å². The predicted molar refractivity (Wildman–Crippen MR) is 41.3 cm³/mol. The summed E-state index contributed by atoms with van der Waals surface area (Å²) in [5.74, 6) is -0.296. The van der Waals surface area contributed by atoms with E-state index in [2.05, 4.69) is 10.1 Å². The molecule has 5 heteroatoms. The van der Waals surface area contributed by atoms with Gasteiger partial charge in [-0.1, -0.05) is 0 Å². The molecule has 66 valence electrons. The molecule has 0 unspecified atom stereocenters. The zero-order valence-corrected chi connectivity index (χ0v) is 7.10. The molecule has 1 aromatic rings. The number of esters is 1. The van der Waals surface area contributed by atoms with E-state index in [1.165, 1.54) is 17.3 Å². The molecule has 0 aliphatic rings. The van der Waals surface area contributed by atoms with E-state index in [1.54, 1.807) is 13.8 Å². The van der Waals surface area contributed by atoms with E-state index < -0.39 is 0 Å². The van der Waals surface area contributed by atoms with Crippen LogP contribution in [0, 0.1) is 0 Å². The summed E-state index contributed by atoms with van der Waals surface area (Å²) in [5.41, 5.74) is 0. The maximum Gasteiger partial charge on any atom is 0.328 e. The molecule has 0 amide bonds. The fourth-order valence-electron chi connectivity index (χ4n) is 0.747. The van der Waals surface area contributed by atoms with Crippen LogP contribution in [0.25, 0.3) is 0 Å². The Kier molecular flexibility index (Phi) is 2.79. The van der Waals surface area contributed by atoms with Crippen molar-refractivity contribution in [3.8, 4) is 0 Å². The molecule has 0 atom stereocenters. The molecule has 0 N–H and O–H groups in total. The third-order valence-electron chi connectivity index (χ3n) is 1.12. The Bertz CT molecular complexity index is 243. The summed E-state index contributed by atoms with van der Waals surface area (Å²) in [6, 6.07) is 0. The van der Waals surface area contributed by atoms with E-state index in [4.69, 9.17) is 4.74 Å². The molecule has 0 aromatic carbocycles. The van der Waals surface area contributed by atoms with Gasteiger partial charge in [-0.2, -0.15) is 5.10 Å². The highest BCUT2D eigenvalue weighted by Gasteiger charge is 2.05. The molecule has 0 saturated heterocycles. The predicted octanol–water partition coefficient (Wildman–Crippen LogP) is 0.230. The lowest BCUT2D eigenvalue weighted by molar-refractivity contribution is -0.148. The SMILES string of the molecule is CC(C)OC(=O)Cn1cncn1. The molecule has 0 spiro atoms. The number of rotatable bonds is 3. The number of aromatic nitrogens is 3. The molecule has 0 saturated carbocycles. The van der Waals surface area contributed by atoms with E-state index in [0.717, 1.165) is 0 Å². The zero-order valence-electron chi connectivity index (χ0n) is 7.10. The van der Waals surface area contributed by atoms with Gasteiger partial charge in [-0.25, -0.2) is 9.67 Å². The van der Waals surface area contributed by atoms with Crippen LogP contribution in [0.5, 0.6) is 0 Å². The summed E-state index contributed by atoms with van der Waals surface area (Å²) in [6.45, 7) is 3.73. The Balaban J connectivity index is 2.37. The first-order valence-corrected chi connectivity index (χ1v) is 3.70. The van der Waals surface area contributed by atoms with Gasteiger partial charge in [0.05, 0.1) is 6.10 Å². The third kappa shape index (κ3) is 2.69. The van der Waals surface area contributed by atoms with Gasteiger partial charge in [0.2, 0.25) is 0 Å². The Hall–Kier alpha value is -1.39.